The monoisotopic (exact) mass is 337 g/mol. The predicted molar refractivity (Wildman–Crippen MR) is 97.4 cm³/mol. The summed E-state index contributed by atoms with van der Waals surface area (Å²) in [6, 6.07) is 0. The summed E-state index contributed by atoms with van der Waals surface area (Å²) in [6.45, 7) is 6.71. The number of isocyanates is 1. The van der Waals surface area contributed by atoms with Crippen molar-refractivity contribution in [2.75, 3.05) is 0 Å². The molecule has 4 aliphatic carbocycles. The lowest BCUT2D eigenvalue weighted by Crippen LogP contribution is -2.48. The molecule has 4 rings (SSSR count). The van der Waals surface area contributed by atoms with Crippen molar-refractivity contribution in [2.45, 2.75) is 59.3 Å². The molecule has 0 unspecified atom stereocenters. The van der Waals surface area contributed by atoms with Crippen molar-refractivity contribution in [3.8, 4) is 0 Å². The van der Waals surface area contributed by atoms with E-state index < -0.39 is 0 Å². The first kappa shape index (κ1) is 16.7. The molecule has 0 aromatic carbocycles. The number of fused-ring (bicyclic) bond motifs is 5. The third kappa shape index (κ3) is 2.29. The van der Waals surface area contributed by atoms with E-state index in [2.05, 4.69) is 24.9 Å². The molecule has 0 aromatic heterocycles. The highest BCUT2D eigenvalue weighted by atomic mass is 16.1. The van der Waals surface area contributed by atoms with Crippen molar-refractivity contribution >= 4 is 11.9 Å². The van der Waals surface area contributed by atoms with Crippen LogP contribution in [0.4, 0.5) is 0 Å². The Morgan fingerprint density at radius 2 is 2.00 bits per heavy atom. The Morgan fingerprint density at radius 3 is 2.76 bits per heavy atom. The molecule has 132 valence electrons. The number of ketones is 1. The fourth-order valence-electron chi connectivity index (χ4n) is 6.74. The van der Waals surface area contributed by atoms with Gasteiger partial charge in [0.15, 0.2) is 5.78 Å². The van der Waals surface area contributed by atoms with E-state index in [1.165, 1.54) is 30.4 Å². The average Bonchev–Trinajstić information content (AvgIpc) is 2.93. The first-order valence-corrected chi connectivity index (χ1v) is 9.62. The van der Waals surface area contributed by atoms with Crippen molar-refractivity contribution in [1.82, 2.24) is 0 Å². The highest BCUT2D eigenvalue weighted by Crippen LogP contribution is 2.66. The van der Waals surface area contributed by atoms with E-state index in [-0.39, 0.29) is 16.6 Å². The largest absolute Gasteiger partial charge is 0.290 e. The molecule has 4 aliphatic rings. The smallest absolute Gasteiger partial charge is 0.240 e. The molecule has 0 bridgehead atoms. The normalized spacial score (nSPS) is 44.2. The van der Waals surface area contributed by atoms with Crippen molar-refractivity contribution in [2.24, 2.45) is 33.6 Å². The molecule has 0 saturated heterocycles. The molecule has 0 spiro atoms. The van der Waals surface area contributed by atoms with Crippen LogP contribution in [0.15, 0.2) is 40.1 Å². The topological polar surface area (TPSA) is 46.5 Å². The van der Waals surface area contributed by atoms with Gasteiger partial charge in [-0.2, -0.15) is 4.99 Å². The molecule has 5 atom stereocenters. The maximum atomic E-state index is 11.8. The van der Waals surface area contributed by atoms with Gasteiger partial charge in [0.05, 0.1) is 5.70 Å². The van der Waals surface area contributed by atoms with E-state index in [0.29, 0.717) is 17.8 Å². The van der Waals surface area contributed by atoms with Crippen LogP contribution in [-0.4, -0.2) is 11.9 Å². The molecule has 0 radical (unpaired) electrons. The Hall–Kier alpha value is -1.73. The summed E-state index contributed by atoms with van der Waals surface area (Å²) in [6.07, 6.45) is 14.4. The van der Waals surface area contributed by atoms with Gasteiger partial charge in [0.2, 0.25) is 6.08 Å². The number of rotatable bonds is 1. The first-order valence-electron chi connectivity index (χ1n) is 9.62. The number of aliphatic imine (C=N–C) groups is 1. The van der Waals surface area contributed by atoms with Crippen LogP contribution in [0.1, 0.15) is 59.3 Å². The second-order valence-electron chi connectivity index (χ2n) is 8.87. The molecule has 3 fully saturated rings. The maximum absolute atomic E-state index is 11.8. The quantitative estimate of drug-likeness (QED) is 0.504. The summed E-state index contributed by atoms with van der Waals surface area (Å²) in [5.41, 5.74) is 3.86. The zero-order valence-electron chi connectivity index (χ0n) is 15.5. The molecule has 25 heavy (non-hydrogen) atoms. The summed E-state index contributed by atoms with van der Waals surface area (Å²) in [4.78, 5) is 26.5. The third-order valence-electron chi connectivity index (χ3n) is 7.99. The second kappa shape index (κ2) is 5.64. The van der Waals surface area contributed by atoms with Crippen LogP contribution >= 0.6 is 0 Å². The molecule has 0 aromatic rings. The van der Waals surface area contributed by atoms with E-state index >= 15 is 0 Å². The molecular formula is C22H27NO2. The van der Waals surface area contributed by atoms with E-state index in [1.54, 1.807) is 12.2 Å². The Morgan fingerprint density at radius 1 is 1.20 bits per heavy atom. The van der Waals surface area contributed by atoms with Gasteiger partial charge in [-0.3, -0.25) is 4.79 Å². The lowest BCUT2D eigenvalue weighted by atomic mass is 9.48. The summed E-state index contributed by atoms with van der Waals surface area (Å²) in [5, 5.41) is 0. The summed E-state index contributed by atoms with van der Waals surface area (Å²) in [7, 11) is 0. The fourth-order valence-corrected chi connectivity index (χ4v) is 6.74. The van der Waals surface area contributed by atoms with Crippen LogP contribution < -0.4 is 0 Å². The van der Waals surface area contributed by atoms with Crippen LogP contribution in [0.5, 0.6) is 0 Å². The van der Waals surface area contributed by atoms with Crippen LogP contribution in [0, 0.1) is 28.6 Å². The molecule has 3 saturated carbocycles. The molecule has 0 N–H and O–H groups in total. The molecular weight excluding hydrogens is 310 g/mol. The van der Waals surface area contributed by atoms with Crippen LogP contribution in [0.3, 0.4) is 0 Å². The van der Waals surface area contributed by atoms with Crippen molar-refractivity contribution in [3.05, 3.63) is 35.1 Å². The van der Waals surface area contributed by atoms with Gasteiger partial charge >= 0.3 is 0 Å². The molecule has 0 aliphatic heterocycles. The Bertz CT molecular complexity index is 767. The Balaban J connectivity index is 1.70. The number of allylic oxidation sites excluding steroid dienone is 6. The fraction of sp³-hybridized carbons (Fsp3) is 0.636. The minimum Gasteiger partial charge on any atom is -0.290 e. The number of nitrogens with zero attached hydrogens (tertiary/aromatic N) is 1. The van der Waals surface area contributed by atoms with Crippen molar-refractivity contribution in [3.63, 3.8) is 0 Å². The molecule has 0 amide bonds. The van der Waals surface area contributed by atoms with Gasteiger partial charge in [-0.1, -0.05) is 25.5 Å². The first-order chi connectivity index (χ1) is 11.9. The average molecular weight is 337 g/mol. The molecule has 3 nitrogen and oxygen atoms in total. The van der Waals surface area contributed by atoms with E-state index in [4.69, 9.17) is 0 Å². The standard InChI is InChI=1S/C22H27NO2/c1-14(23-13-24)18-6-7-19-17-5-4-15-12-16(25)8-10-21(15,2)20(17)9-11-22(18,19)3/h8,10,12,17,19-20H,4-7,9,11H2,1-3H3/t17-,19-,20-,21-,22+/m0/s1. The maximum Gasteiger partial charge on any atom is 0.240 e. The number of hydrogen-bond acceptors (Lipinski definition) is 3. The van der Waals surface area contributed by atoms with Gasteiger partial charge in [0.1, 0.15) is 0 Å². The van der Waals surface area contributed by atoms with Gasteiger partial charge in [-0.25, -0.2) is 4.79 Å². The van der Waals surface area contributed by atoms with Crippen LogP contribution in [0.2, 0.25) is 0 Å². The van der Waals surface area contributed by atoms with Crippen LogP contribution in [-0.2, 0) is 9.59 Å². The summed E-state index contributed by atoms with van der Waals surface area (Å²) in [5.74, 6) is 2.15. The number of carbonyl (C=O) groups excluding carboxylic acids is 2. The minimum absolute atomic E-state index is 0.0562. The Kier molecular flexibility index (Phi) is 3.77. The van der Waals surface area contributed by atoms with Gasteiger partial charge in [0, 0.05) is 5.41 Å². The lowest BCUT2D eigenvalue weighted by molar-refractivity contribution is -0.111. The number of carbonyl (C=O) groups is 1. The summed E-state index contributed by atoms with van der Waals surface area (Å²) >= 11 is 0. The van der Waals surface area contributed by atoms with Gasteiger partial charge in [0.25, 0.3) is 0 Å². The van der Waals surface area contributed by atoms with E-state index in [9.17, 15) is 9.59 Å². The molecule has 0 heterocycles. The predicted octanol–water partition coefficient (Wildman–Crippen LogP) is 4.90. The molecule has 3 heteroatoms. The zero-order chi connectivity index (χ0) is 17.8. The van der Waals surface area contributed by atoms with Crippen molar-refractivity contribution in [1.29, 1.82) is 0 Å². The number of hydrogen-bond donors (Lipinski definition) is 0. The Labute approximate surface area is 150 Å². The second-order valence-corrected chi connectivity index (χ2v) is 8.87. The minimum atomic E-state index is 0.0562. The van der Waals surface area contributed by atoms with Gasteiger partial charge in [-0.05, 0) is 86.3 Å². The van der Waals surface area contributed by atoms with Crippen LogP contribution in [0.25, 0.3) is 0 Å². The third-order valence-corrected chi connectivity index (χ3v) is 7.99. The van der Waals surface area contributed by atoms with E-state index in [0.717, 1.165) is 25.0 Å². The highest BCUT2D eigenvalue weighted by Gasteiger charge is 2.57. The van der Waals surface area contributed by atoms with E-state index in [1.807, 2.05) is 13.0 Å². The lowest BCUT2D eigenvalue weighted by Gasteiger charge is -2.56. The van der Waals surface area contributed by atoms with Gasteiger partial charge < -0.3 is 0 Å². The summed E-state index contributed by atoms with van der Waals surface area (Å²) < 4.78 is 0. The zero-order valence-corrected chi connectivity index (χ0v) is 15.5. The highest BCUT2D eigenvalue weighted by molar-refractivity contribution is 6.01. The van der Waals surface area contributed by atoms with Gasteiger partial charge in [-0.15, -0.1) is 0 Å². The van der Waals surface area contributed by atoms with Crippen molar-refractivity contribution < 1.29 is 9.59 Å². The SMILES string of the molecule is CC(N=C=O)=C1CC[C@H]2[C@@H]3CCC4=CC(=O)C=C[C@]4(C)[C@H]3CC[C@]12C.